The van der Waals surface area contributed by atoms with Crippen molar-refractivity contribution in [2.75, 3.05) is 4.90 Å². The molecule has 4 aromatic rings. The molecular formula is C22H13F3N4O4S. The summed E-state index contributed by atoms with van der Waals surface area (Å²) >= 11 is 1.05. The molecule has 34 heavy (non-hydrogen) atoms. The van der Waals surface area contributed by atoms with Crippen LogP contribution in [0.1, 0.15) is 5.56 Å². The van der Waals surface area contributed by atoms with Crippen LogP contribution in [-0.4, -0.2) is 21.5 Å². The monoisotopic (exact) mass is 486 g/mol. The van der Waals surface area contributed by atoms with E-state index in [2.05, 4.69) is 10.2 Å². The van der Waals surface area contributed by atoms with Crippen molar-refractivity contribution in [3.05, 3.63) is 88.5 Å². The van der Waals surface area contributed by atoms with E-state index in [0.29, 0.717) is 17.0 Å². The van der Waals surface area contributed by atoms with Crippen LogP contribution in [0.2, 0.25) is 0 Å². The number of anilines is 2. The first kappa shape index (κ1) is 22.9. The molecule has 12 heteroatoms. The first-order valence-corrected chi connectivity index (χ1v) is 10.3. The SMILES string of the molecule is O=CN(c1cccc([N+](=O)[O-])c1)c1nnc(-c2cccc(Oc3cccc(C(F)(F)F)c3)c2)s1. The summed E-state index contributed by atoms with van der Waals surface area (Å²) in [5, 5.41) is 19.7. The van der Waals surface area contributed by atoms with E-state index in [1.807, 2.05) is 0 Å². The molecule has 1 amide bonds. The van der Waals surface area contributed by atoms with E-state index in [1.54, 1.807) is 24.3 Å². The third-order valence-electron chi connectivity index (χ3n) is 4.52. The Balaban J connectivity index is 1.58. The van der Waals surface area contributed by atoms with Gasteiger partial charge in [-0.3, -0.25) is 19.8 Å². The van der Waals surface area contributed by atoms with E-state index in [0.717, 1.165) is 28.4 Å². The molecular weight excluding hydrogens is 473 g/mol. The lowest BCUT2D eigenvalue weighted by Gasteiger charge is -2.12. The minimum absolute atomic E-state index is 0.0164. The van der Waals surface area contributed by atoms with Crippen molar-refractivity contribution in [1.82, 2.24) is 10.2 Å². The molecule has 0 fully saturated rings. The van der Waals surface area contributed by atoms with Crippen LogP contribution >= 0.6 is 11.3 Å². The Kier molecular flexibility index (Phi) is 6.23. The van der Waals surface area contributed by atoms with Gasteiger partial charge in [-0.1, -0.05) is 35.6 Å². The number of carbonyl (C=O) groups excluding carboxylic acids is 1. The lowest BCUT2D eigenvalue weighted by atomic mass is 10.2. The summed E-state index contributed by atoms with van der Waals surface area (Å²) in [5.41, 5.74) is -0.217. The van der Waals surface area contributed by atoms with E-state index in [9.17, 15) is 28.1 Å². The van der Waals surface area contributed by atoms with Crippen molar-refractivity contribution in [1.29, 1.82) is 0 Å². The van der Waals surface area contributed by atoms with E-state index < -0.39 is 16.7 Å². The lowest BCUT2D eigenvalue weighted by Crippen LogP contribution is -2.13. The molecule has 0 aliphatic heterocycles. The average Bonchev–Trinajstić information content (AvgIpc) is 3.29. The zero-order chi connectivity index (χ0) is 24.3. The number of ether oxygens (including phenoxy) is 1. The lowest BCUT2D eigenvalue weighted by molar-refractivity contribution is -0.384. The number of nitrogens with zero attached hydrogens (tertiary/aromatic N) is 4. The molecule has 0 aliphatic carbocycles. The maximum atomic E-state index is 12.9. The number of carbonyl (C=O) groups is 1. The van der Waals surface area contributed by atoms with Gasteiger partial charge >= 0.3 is 6.18 Å². The van der Waals surface area contributed by atoms with E-state index in [1.165, 1.54) is 36.4 Å². The largest absolute Gasteiger partial charge is 0.457 e. The molecule has 172 valence electrons. The molecule has 8 nitrogen and oxygen atoms in total. The van der Waals surface area contributed by atoms with Gasteiger partial charge in [0.15, 0.2) is 0 Å². The number of hydrogen-bond donors (Lipinski definition) is 0. The summed E-state index contributed by atoms with van der Waals surface area (Å²) in [6.07, 6.45) is -4.02. The van der Waals surface area contributed by atoms with Crippen LogP contribution in [-0.2, 0) is 11.0 Å². The number of aromatic nitrogens is 2. The molecule has 0 unspecified atom stereocenters. The zero-order valence-corrected chi connectivity index (χ0v) is 17.8. The molecule has 0 spiro atoms. The highest BCUT2D eigenvalue weighted by molar-refractivity contribution is 7.18. The zero-order valence-electron chi connectivity index (χ0n) is 17.0. The molecule has 3 aromatic carbocycles. The quantitative estimate of drug-likeness (QED) is 0.175. The van der Waals surface area contributed by atoms with Crippen LogP contribution in [0.25, 0.3) is 10.6 Å². The van der Waals surface area contributed by atoms with Crippen molar-refractivity contribution in [3.8, 4) is 22.1 Å². The Hall–Kier alpha value is -4.32. The van der Waals surface area contributed by atoms with Crippen LogP contribution < -0.4 is 9.64 Å². The molecule has 0 atom stereocenters. The van der Waals surface area contributed by atoms with E-state index in [4.69, 9.17) is 4.74 Å². The van der Waals surface area contributed by atoms with Crippen LogP contribution in [0.4, 0.5) is 29.7 Å². The predicted octanol–water partition coefficient (Wildman–Crippen LogP) is 6.22. The Morgan fingerprint density at radius 2 is 1.68 bits per heavy atom. The highest BCUT2D eigenvalue weighted by Crippen LogP contribution is 2.36. The Bertz CT molecular complexity index is 1360. The Morgan fingerprint density at radius 3 is 2.38 bits per heavy atom. The first-order valence-electron chi connectivity index (χ1n) is 9.52. The van der Waals surface area contributed by atoms with Gasteiger partial charge in [-0.2, -0.15) is 13.2 Å². The number of benzene rings is 3. The molecule has 0 radical (unpaired) electrons. The number of alkyl halides is 3. The third kappa shape index (κ3) is 5.02. The van der Waals surface area contributed by atoms with Crippen LogP contribution in [0.5, 0.6) is 11.5 Å². The molecule has 0 saturated carbocycles. The van der Waals surface area contributed by atoms with E-state index in [-0.39, 0.29) is 28.0 Å². The number of halogens is 3. The Morgan fingerprint density at radius 1 is 0.971 bits per heavy atom. The van der Waals surface area contributed by atoms with Crippen LogP contribution in [0.3, 0.4) is 0 Å². The van der Waals surface area contributed by atoms with E-state index >= 15 is 0 Å². The maximum Gasteiger partial charge on any atom is 0.416 e. The van der Waals surface area contributed by atoms with Crippen molar-refractivity contribution < 1.29 is 27.6 Å². The molecule has 0 N–H and O–H groups in total. The first-order chi connectivity index (χ1) is 16.2. The van der Waals surface area contributed by atoms with Gasteiger partial charge in [-0.15, -0.1) is 10.2 Å². The van der Waals surface area contributed by atoms with Gasteiger partial charge in [0.05, 0.1) is 16.2 Å². The fourth-order valence-electron chi connectivity index (χ4n) is 2.97. The van der Waals surface area contributed by atoms with Gasteiger partial charge in [0.25, 0.3) is 5.69 Å². The molecule has 1 heterocycles. The normalized spacial score (nSPS) is 11.1. The number of nitro groups is 1. The van der Waals surface area contributed by atoms with Crippen molar-refractivity contribution >= 4 is 34.3 Å². The number of nitro benzene ring substituents is 1. The molecule has 4 rings (SSSR count). The van der Waals surface area contributed by atoms with Gasteiger partial charge in [0, 0.05) is 17.7 Å². The third-order valence-corrected chi connectivity index (χ3v) is 5.49. The Labute approximate surface area is 194 Å². The molecule has 1 aromatic heterocycles. The smallest absolute Gasteiger partial charge is 0.416 e. The molecule has 0 aliphatic rings. The summed E-state index contributed by atoms with van der Waals surface area (Å²) in [6, 6.07) is 16.5. The fraction of sp³-hybridized carbons (Fsp3) is 0.0455. The van der Waals surface area contributed by atoms with Gasteiger partial charge < -0.3 is 4.74 Å². The highest BCUT2D eigenvalue weighted by Gasteiger charge is 2.30. The summed E-state index contributed by atoms with van der Waals surface area (Å²) in [6.45, 7) is 0. The summed E-state index contributed by atoms with van der Waals surface area (Å²) in [7, 11) is 0. The minimum atomic E-state index is -4.49. The molecule has 0 saturated heterocycles. The van der Waals surface area contributed by atoms with Crippen LogP contribution in [0, 0.1) is 10.1 Å². The second-order valence-corrected chi connectivity index (χ2v) is 7.75. The van der Waals surface area contributed by atoms with Crippen molar-refractivity contribution in [2.24, 2.45) is 0 Å². The number of hydrogen-bond acceptors (Lipinski definition) is 7. The second kappa shape index (κ2) is 9.27. The maximum absolute atomic E-state index is 12.9. The number of rotatable bonds is 7. The molecule has 0 bridgehead atoms. The van der Waals surface area contributed by atoms with Crippen molar-refractivity contribution in [3.63, 3.8) is 0 Å². The predicted molar refractivity (Wildman–Crippen MR) is 118 cm³/mol. The van der Waals surface area contributed by atoms with Gasteiger partial charge in [-0.25, -0.2) is 0 Å². The minimum Gasteiger partial charge on any atom is -0.457 e. The van der Waals surface area contributed by atoms with Gasteiger partial charge in [0.1, 0.15) is 16.5 Å². The average molecular weight is 486 g/mol. The van der Waals surface area contributed by atoms with Gasteiger partial charge in [0.2, 0.25) is 11.5 Å². The topological polar surface area (TPSA) is 98.5 Å². The summed E-state index contributed by atoms with van der Waals surface area (Å²) in [4.78, 5) is 23.3. The second-order valence-electron chi connectivity index (χ2n) is 6.80. The van der Waals surface area contributed by atoms with Gasteiger partial charge in [-0.05, 0) is 36.4 Å². The number of amides is 1. The number of non-ortho nitro benzene ring substituents is 1. The van der Waals surface area contributed by atoms with Crippen molar-refractivity contribution in [2.45, 2.75) is 6.18 Å². The fourth-order valence-corrected chi connectivity index (χ4v) is 3.79. The van der Waals surface area contributed by atoms with Crippen LogP contribution in [0.15, 0.2) is 72.8 Å². The summed E-state index contributed by atoms with van der Waals surface area (Å²) in [5.74, 6) is 0.294. The summed E-state index contributed by atoms with van der Waals surface area (Å²) < 4.78 is 44.4. The standard InChI is InChI=1S/C22H13F3N4O4S/c23-22(24,25)15-5-2-9-19(11-15)33-18-8-1-4-14(10-18)20-26-27-21(34-20)28(13-30)16-6-3-7-17(12-16)29(31)32/h1-13H. The highest BCUT2D eigenvalue weighted by atomic mass is 32.1.